The fraction of sp³-hybridized carbons (Fsp3) is 1.00. The summed E-state index contributed by atoms with van der Waals surface area (Å²) >= 11 is 0. The smallest absolute Gasteiger partial charge is 0.154 e. The Morgan fingerprint density at radius 3 is 2.25 bits per heavy atom. The van der Waals surface area contributed by atoms with E-state index in [-0.39, 0.29) is 30.8 Å². The van der Waals surface area contributed by atoms with Crippen molar-refractivity contribution in [1.29, 1.82) is 0 Å². The molecule has 0 atom stereocenters. The minimum atomic E-state index is -3.12. The SMILES string of the molecule is O=S(=O)(CCO)CCOC1CCCCCC1. The first-order valence-corrected chi connectivity index (χ1v) is 7.89. The molecule has 96 valence electrons. The van der Waals surface area contributed by atoms with Crippen molar-refractivity contribution < 1.29 is 18.3 Å². The standard InChI is InChI=1S/C11H22O4S/c12-7-9-16(13,14)10-8-15-11-5-3-1-2-4-6-11/h11-12H,1-10H2. The van der Waals surface area contributed by atoms with Crippen molar-refractivity contribution >= 4 is 9.84 Å². The Morgan fingerprint density at radius 2 is 1.69 bits per heavy atom. The zero-order valence-corrected chi connectivity index (χ0v) is 10.5. The molecule has 1 aliphatic carbocycles. The van der Waals surface area contributed by atoms with Crippen molar-refractivity contribution in [2.24, 2.45) is 0 Å². The third kappa shape index (κ3) is 5.82. The highest BCUT2D eigenvalue weighted by molar-refractivity contribution is 7.91. The van der Waals surface area contributed by atoms with Crippen molar-refractivity contribution in [2.75, 3.05) is 24.7 Å². The fourth-order valence-corrected chi connectivity index (χ4v) is 2.82. The predicted octanol–water partition coefficient (Wildman–Crippen LogP) is 1.13. The van der Waals surface area contributed by atoms with Crippen LogP contribution < -0.4 is 0 Å². The molecular weight excluding hydrogens is 228 g/mol. The number of aliphatic hydroxyl groups excluding tert-OH is 1. The maximum Gasteiger partial charge on any atom is 0.154 e. The molecule has 5 heteroatoms. The molecule has 0 heterocycles. The van der Waals surface area contributed by atoms with Crippen LogP contribution in [0.1, 0.15) is 38.5 Å². The molecule has 16 heavy (non-hydrogen) atoms. The van der Waals surface area contributed by atoms with Gasteiger partial charge in [-0.3, -0.25) is 0 Å². The van der Waals surface area contributed by atoms with E-state index < -0.39 is 9.84 Å². The van der Waals surface area contributed by atoms with E-state index in [4.69, 9.17) is 9.84 Å². The molecule has 0 aromatic heterocycles. The van der Waals surface area contributed by atoms with Crippen LogP contribution in [0.15, 0.2) is 0 Å². The zero-order valence-electron chi connectivity index (χ0n) is 9.73. The molecule has 0 radical (unpaired) electrons. The van der Waals surface area contributed by atoms with Gasteiger partial charge in [0.25, 0.3) is 0 Å². The maximum atomic E-state index is 11.3. The quantitative estimate of drug-likeness (QED) is 0.718. The van der Waals surface area contributed by atoms with E-state index in [1.807, 2.05) is 0 Å². The third-order valence-electron chi connectivity index (χ3n) is 2.95. The molecule has 0 amide bonds. The molecule has 1 saturated carbocycles. The molecule has 0 aromatic rings. The Balaban J connectivity index is 2.18. The van der Waals surface area contributed by atoms with Gasteiger partial charge in [-0.15, -0.1) is 0 Å². The number of rotatable bonds is 6. The second kappa shape index (κ2) is 7.25. The highest BCUT2D eigenvalue weighted by atomic mass is 32.2. The molecule has 1 fully saturated rings. The van der Waals surface area contributed by atoms with Gasteiger partial charge in [-0.2, -0.15) is 0 Å². The molecule has 1 aliphatic rings. The Kier molecular flexibility index (Phi) is 6.31. The van der Waals surface area contributed by atoms with Crippen LogP contribution in [0.25, 0.3) is 0 Å². The van der Waals surface area contributed by atoms with Crippen molar-refractivity contribution in [3.8, 4) is 0 Å². The summed E-state index contributed by atoms with van der Waals surface area (Å²) in [5.41, 5.74) is 0. The summed E-state index contributed by atoms with van der Waals surface area (Å²) in [6, 6.07) is 0. The maximum absolute atomic E-state index is 11.3. The van der Waals surface area contributed by atoms with Crippen molar-refractivity contribution in [1.82, 2.24) is 0 Å². The number of sulfone groups is 1. The molecule has 0 unspecified atom stereocenters. The topological polar surface area (TPSA) is 63.6 Å². The average Bonchev–Trinajstić information content (AvgIpc) is 2.46. The molecule has 0 saturated heterocycles. The highest BCUT2D eigenvalue weighted by Gasteiger charge is 2.15. The van der Waals surface area contributed by atoms with E-state index in [1.165, 1.54) is 25.7 Å². The minimum absolute atomic E-state index is 0.0318. The number of hydrogen-bond acceptors (Lipinski definition) is 4. The van der Waals surface area contributed by atoms with E-state index in [9.17, 15) is 8.42 Å². The monoisotopic (exact) mass is 250 g/mol. The number of aliphatic hydroxyl groups is 1. The minimum Gasteiger partial charge on any atom is -0.395 e. The fourth-order valence-electron chi connectivity index (χ4n) is 1.99. The summed E-state index contributed by atoms with van der Waals surface area (Å²) in [5.74, 6) is -0.120. The van der Waals surface area contributed by atoms with E-state index in [1.54, 1.807) is 0 Å². The van der Waals surface area contributed by atoms with Gasteiger partial charge in [0.1, 0.15) is 0 Å². The largest absolute Gasteiger partial charge is 0.395 e. The summed E-state index contributed by atoms with van der Waals surface area (Å²) in [4.78, 5) is 0. The lowest BCUT2D eigenvalue weighted by Gasteiger charge is -2.15. The first-order chi connectivity index (χ1) is 7.64. The summed E-state index contributed by atoms with van der Waals surface area (Å²) in [7, 11) is -3.12. The molecule has 1 rings (SSSR count). The summed E-state index contributed by atoms with van der Waals surface area (Å²) in [5, 5.41) is 8.57. The predicted molar refractivity (Wildman–Crippen MR) is 63.2 cm³/mol. The van der Waals surface area contributed by atoms with Gasteiger partial charge in [0.2, 0.25) is 0 Å². The van der Waals surface area contributed by atoms with Crippen LogP contribution >= 0.6 is 0 Å². The first kappa shape index (κ1) is 13.9. The molecule has 4 nitrogen and oxygen atoms in total. The van der Waals surface area contributed by atoms with E-state index in [0.29, 0.717) is 0 Å². The van der Waals surface area contributed by atoms with Crippen LogP contribution in [0, 0.1) is 0 Å². The zero-order chi connectivity index (χ0) is 11.9. The Morgan fingerprint density at radius 1 is 1.06 bits per heavy atom. The normalized spacial score (nSPS) is 19.6. The lowest BCUT2D eigenvalue weighted by atomic mass is 10.1. The van der Waals surface area contributed by atoms with Gasteiger partial charge in [-0.05, 0) is 12.8 Å². The Labute approximate surface area is 97.9 Å². The molecular formula is C11H22O4S. The Hall–Kier alpha value is -0.130. The number of ether oxygens (including phenoxy) is 1. The van der Waals surface area contributed by atoms with Gasteiger partial charge in [0.05, 0.1) is 30.8 Å². The van der Waals surface area contributed by atoms with Crippen molar-refractivity contribution in [2.45, 2.75) is 44.6 Å². The number of hydrogen-bond donors (Lipinski definition) is 1. The van der Waals surface area contributed by atoms with Gasteiger partial charge in [-0.1, -0.05) is 25.7 Å². The van der Waals surface area contributed by atoms with E-state index >= 15 is 0 Å². The van der Waals surface area contributed by atoms with E-state index in [2.05, 4.69) is 0 Å². The average molecular weight is 250 g/mol. The third-order valence-corrected chi connectivity index (χ3v) is 4.55. The molecule has 0 spiro atoms. The van der Waals surface area contributed by atoms with Gasteiger partial charge in [0.15, 0.2) is 9.84 Å². The van der Waals surface area contributed by atoms with E-state index in [0.717, 1.165) is 12.8 Å². The van der Waals surface area contributed by atoms with Crippen LogP contribution in [0.5, 0.6) is 0 Å². The Bertz CT molecular complexity index is 266. The van der Waals surface area contributed by atoms with Gasteiger partial charge in [0, 0.05) is 0 Å². The van der Waals surface area contributed by atoms with Gasteiger partial charge in [-0.25, -0.2) is 8.42 Å². The van der Waals surface area contributed by atoms with Crippen molar-refractivity contribution in [3.63, 3.8) is 0 Å². The van der Waals surface area contributed by atoms with Crippen LogP contribution in [0.4, 0.5) is 0 Å². The van der Waals surface area contributed by atoms with Gasteiger partial charge < -0.3 is 9.84 Å². The molecule has 1 N–H and O–H groups in total. The molecule has 0 aliphatic heterocycles. The summed E-state index contributed by atoms with van der Waals surface area (Å²) in [6.07, 6.45) is 7.26. The van der Waals surface area contributed by atoms with Crippen LogP contribution in [0.3, 0.4) is 0 Å². The van der Waals surface area contributed by atoms with Crippen molar-refractivity contribution in [3.05, 3.63) is 0 Å². The first-order valence-electron chi connectivity index (χ1n) is 6.07. The molecule has 0 aromatic carbocycles. The second-order valence-electron chi connectivity index (χ2n) is 4.36. The van der Waals surface area contributed by atoms with Crippen LogP contribution in [-0.4, -0.2) is 44.3 Å². The van der Waals surface area contributed by atoms with Crippen LogP contribution in [-0.2, 0) is 14.6 Å². The van der Waals surface area contributed by atoms with Crippen LogP contribution in [0.2, 0.25) is 0 Å². The lowest BCUT2D eigenvalue weighted by Crippen LogP contribution is -2.21. The second-order valence-corrected chi connectivity index (χ2v) is 6.66. The summed E-state index contributed by atoms with van der Waals surface area (Å²) < 4.78 is 28.2. The van der Waals surface area contributed by atoms with Gasteiger partial charge >= 0.3 is 0 Å². The lowest BCUT2D eigenvalue weighted by molar-refractivity contribution is 0.0536. The summed E-state index contributed by atoms with van der Waals surface area (Å²) in [6.45, 7) is -0.0290. The molecule has 0 bridgehead atoms. The highest BCUT2D eigenvalue weighted by Crippen LogP contribution is 2.19.